The van der Waals surface area contributed by atoms with Crippen molar-refractivity contribution in [1.29, 1.82) is 0 Å². The molecule has 4 aromatic rings. The molecule has 0 radical (unpaired) electrons. The molecule has 0 fully saturated rings. The van der Waals surface area contributed by atoms with E-state index < -0.39 is 30.1 Å². The van der Waals surface area contributed by atoms with Crippen molar-refractivity contribution in [3.05, 3.63) is 76.8 Å². The molecule has 0 atom stereocenters. The first-order valence-electron chi connectivity index (χ1n) is 9.15. The molecule has 0 saturated carbocycles. The van der Waals surface area contributed by atoms with Gasteiger partial charge in [0.2, 0.25) is 0 Å². The third-order valence-corrected chi connectivity index (χ3v) is 5.11. The lowest BCUT2D eigenvalue weighted by atomic mass is 10.1. The smallest absolute Gasteiger partial charge is 0.339 e. The standard InChI is InChI=1S/C22H15F2N3O3S/c1-12-8-15(14-4-2-3-5-18(14)25-12)21(29)30-10-20(28)27-22-26-19(11-31-22)16-9-13(23)6-7-17(16)24/h2-9,11H,10H2,1H3,(H,26,27,28). The lowest BCUT2D eigenvalue weighted by Crippen LogP contribution is -2.21. The lowest BCUT2D eigenvalue weighted by Gasteiger charge is -2.08. The van der Waals surface area contributed by atoms with Crippen LogP contribution in [0.2, 0.25) is 0 Å². The van der Waals surface area contributed by atoms with E-state index in [-0.39, 0.29) is 16.4 Å². The number of esters is 1. The third-order valence-electron chi connectivity index (χ3n) is 4.35. The summed E-state index contributed by atoms with van der Waals surface area (Å²) < 4.78 is 32.4. The van der Waals surface area contributed by atoms with Gasteiger partial charge in [0.15, 0.2) is 11.7 Å². The number of nitrogens with zero attached hydrogens (tertiary/aromatic N) is 2. The second-order valence-electron chi connectivity index (χ2n) is 6.61. The van der Waals surface area contributed by atoms with Crippen molar-refractivity contribution in [2.24, 2.45) is 0 Å². The van der Waals surface area contributed by atoms with E-state index >= 15 is 0 Å². The Hall–Kier alpha value is -3.72. The van der Waals surface area contributed by atoms with E-state index in [4.69, 9.17) is 4.74 Å². The van der Waals surface area contributed by atoms with Gasteiger partial charge in [-0.3, -0.25) is 15.1 Å². The minimum atomic E-state index is -0.654. The fourth-order valence-electron chi connectivity index (χ4n) is 2.99. The quantitative estimate of drug-likeness (QED) is 0.454. The zero-order valence-electron chi connectivity index (χ0n) is 16.2. The lowest BCUT2D eigenvalue weighted by molar-refractivity contribution is -0.119. The van der Waals surface area contributed by atoms with Crippen molar-refractivity contribution in [3.63, 3.8) is 0 Å². The number of aryl methyl sites for hydroxylation is 1. The van der Waals surface area contributed by atoms with Crippen LogP contribution in [0, 0.1) is 18.6 Å². The highest BCUT2D eigenvalue weighted by Gasteiger charge is 2.16. The van der Waals surface area contributed by atoms with E-state index in [1.807, 2.05) is 6.07 Å². The molecule has 0 aliphatic heterocycles. The number of hydrogen-bond donors (Lipinski definition) is 1. The molecule has 0 bridgehead atoms. The van der Waals surface area contributed by atoms with E-state index in [1.165, 1.54) is 5.38 Å². The maximum Gasteiger partial charge on any atom is 0.339 e. The highest BCUT2D eigenvalue weighted by Crippen LogP contribution is 2.27. The number of aromatic nitrogens is 2. The van der Waals surface area contributed by atoms with Crippen molar-refractivity contribution in [1.82, 2.24) is 9.97 Å². The summed E-state index contributed by atoms with van der Waals surface area (Å²) in [6.07, 6.45) is 0. The Kier molecular flexibility index (Phi) is 5.68. The summed E-state index contributed by atoms with van der Waals surface area (Å²) in [7, 11) is 0. The molecular formula is C22H15F2N3O3S. The van der Waals surface area contributed by atoms with E-state index in [0.717, 1.165) is 29.5 Å². The van der Waals surface area contributed by atoms with Crippen LogP contribution < -0.4 is 5.32 Å². The van der Waals surface area contributed by atoms with Crippen LogP contribution in [0.3, 0.4) is 0 Å². The van der Waals surface area contributed by atoms with Crippen LogP contribution in [0.25, 0.3) is 22.2 Å². The number of halogens is 2. The molecule has 2 heterocycles. The van der Waals surface area contributed by atoms with Gasteiger partial charge in [-0.1, -0.05) is 18.2 Å². The Morgan fingerprint density at radius 3 is 2.74 bits per heavy atom. The fourth-order valence-corrected chi connectivity index (χ4v) is 3.72. The Labute approximate surface area is 179 Å². The van der Waals surface area contributed by atoms with Crippen LogP contribution in [-0.4, -0.2) is 28.5 Å². The molecule has 1 N–H and O–H groups in total. The number of amides is 1. The number of hydrogen-bond acceptors (Lipinski definition) is 6. The van der Waals surface area contributed by atoms with Gasteiger partial charge in [-0.15, -0.1) is 11.3 Å². The van der Waals surface area contributed by atoms with Crippen molar-refractivity contribution < 1.29 is 23.1 Å². The van der Waals surface area contributed by atoms with E-state index in [2.05, 4.69) is 15.3 Å². The van der Waals surface area contributed by atoms with Crippen LogP contribution in [0.5, 0.6) is 0 Å². The molecule has 156 valence electrons. The van der Waals surface area contributed by atoms with Crippen LogP contribution in [-0.2, 0) is 9.53 Å². The number of rotatable bonds is 5. The second-order valence-corrected chi connectivity index (χ2v) is 7.47. The molecule has 1 amide bonds. The van der Waals surface area contributed by atoms with Crippen molar-refractivity contribution in [2.75, 3.05) is 11.9 Å². The topological polar surface area (TPSA) is 81.2 Å². The first-order chi connectivity index (χ1) is 14.9. The zero-order chi connectivity index (χ0) is 22.0. The monoisotopic (exact) mass is 439 g/mol. The first kappa shape index (κ1) is 20.5. The predicted octanol–water partition coefficient (Wildman–Crippen LogP) is 4.74. The maximum atomic E-state index is 13.9. The molecule has 0 saturated heterocycles. The molecule has 0 aliphatic carbocycles. The van der Waals surface area contributed by atoms with Gasteiger partial charge < -0.3 is 4.74 Å². The summed E-state index contributed by atoms with van der Waals surface area (Å²) in [5, 5.41) is 4.77. The number of carbonyl (C=O) groups excluding carboxylic acids is 2. The molecule has 0 aliphatic rings. The number of ether oxygens (including phenoxy) is 1. The molecule has 2 aromatic heterocycles. The summed E-state index contributed by atoms with van der Waals surface area (Å²) in [6, 6.07) is 11.8. The minimum absolute atomic E-state index is 0.0110. The minimum Gasteiger partial charge on any atom is -0.452 e. The van der Waals surface area contributed by atoms with Gasteiger partial charge in [0.25, 0.3) is 5.91 Å². The number of nitrogens with one attached hydrogen (secondary N) is 1. The Morgan fingerprint density at radius 2 is 1.90 bits per heavy atom. The molecular weight excluding hydrogens is 424 g/mol. The van der Waals surface area contributed by atoms with Crippen LogP contribution in [0.15, 0.2) is 53.9 Å². The first-order valence-corrected chi connectivity index (χ1v) is 10.0. The number of benzene rings is 2. The highest BCUT2D eigenvalue weighted by atomic mass is 32.1. The SMILES string of the molecule is Cc1cc(C(=O)OCC(=O)Nc2nc(-c3cc(F)ccc3F)cs2)c2ccccc2n1. The van der Waals surface area contributed by atoms with Gasteiger partial charge in [-0.2, -0.15) is 0 Å². The number of fused-ring (bicyclic) bond motifs is 1. The Morgan fingerprint density at radius 1 is 1.10 bits per heavy atom. The van der Waals surface area contributed by atoms with Crippen LogP contribution in [0.1, 0.15) is 16.1 Å². The van der Waals surface area contributed by atoms with Gasteiger partial charge in [0.1, 0.15) is 11.6 Å². The summed E-state index contributed by atoms with van der Waals surface area (Å²) in [6.45, 7) is 1.23. The number of para-hydroxylation sites is 1. The van der Waals surface area contributed by atoms with Gasteiger partial charge >= 0.3 is 5.97 Å². The van der Waals surface area contributed by atoms with E-state index in [1.54, 1.807) is 31.2 Å². The number of pyridine rings is 1. The number of thiazole rings is 1. The Bertz CT molecular complexity index is 1310. The van der Waals surface area contributed by atoms with E-state index in [0.29, 0.717) is 22.2 Å². The van der Waals surface area contributed by atoms with Crippen molar-refractivity contribution >= 4 is 39.2 Å². The number of carbonyl (C=O) groups is 2. The average molecular weight is 439 g/mol. The normalized spacial score (nSPS) is 10.8. The molecule has 9 heteroatoms. The molecule has 0 spiro atoms. The number of anilines is 1. The van der Waals surface area contributed by atoms with E-state index in [9.17, 15) is 18.4 Å². The summed E-state index contributed by atoms with van der Waals surface area (Å²) in [4.78, 5) is 33.1. The van der Waals surface area contributed by atoms with Crippen LogP contribution in [0.4, 0.5) is 13.9 Å². The molecule has 2 aromatic carbocycles. The average Bonchev–Trinajstić information content (AvgIpc) is 3.21. The van der Waals surface area contributed by atoms with Gasteiger partial charge in [-0.25, -0.2) is 18.6 Å². The van der Waals surface area contributed by atoms with Crippen molar-refractivity contribution in [3.8, 4) is 11.3 Å². The van der Waals surface area contributed by atoms with Crippen LogP contribution >= 0.6 is 11.3 Å². The summed E-state index contributed by atoms with van der Waals surface area (Å²) in [5.74, 6) is -2.48. The van der Waals surface area contributed by atoms with Gasteiger partial charge in [0.05, 0.1) is 16.8 Å². The van der Waals surface area contributed by atoms with Crippen molar-refractivity contribution in [2.45, 2.75) is 6.92 Å². The highest BCUT2D eigenvalue weighted by molar-refractivity contribution is 7.14. The summed E-state index contributed by atoms with van der Waals surface area (Å²) in [5.41, 5.74) is 1.79. The zero-order valence-corrected chi connectivity index (χ0v) is 17.0. The molecule has 6 nitrogen and oxygen atoms in total. The summed E-state index contributed by atoms with van der Waals surface area (Å²) >= 11 is 1.04. The second kappa shape index (κ2) is 8.57. The maximum absolute atomic E-state index is 13.9. The Balaban J connectivity index is 1.42. The molecule has 4 rings (SSSR count). The predicted molar refractivity (Wildman–Crippen MR) is 113 cm³/mol. The van der Waals surface area contributed by atoms with Gasteiger partial charge in [-0.05, 0) is 37.3 Å². The van der Waals surface area contributed by atoms with Gasteiger partial charge in [0, 0.05) is 22.0 Å². The molecule has 0 unspecified atom stereocenters. The fraction of sp³-hybridized carbons (Fsp3) is 0.0909. The third kappa shape index (κ3) is 4.56. The molecule has 31 heavy (non-hydrogen) atoms. The largest absolute Gasteiger partial charge is 0.452 e.